The van der Waals surface area contributed by atoms with Crippen LogP contribution in [-0.4, -0.2) is 38.3 Å². The molecule has 0 radical (unpaired) electrons. The first-order valence-corrected chi connectivity index (χ1v) is 11.0. The highest BCUT2D eigenvalue weighted by molar-refractivity contribution is 8.59. The van der Waals surface area contributed by atoms with E-state index < -0.39 is 0 Å². The summed E-state index contributed by atoms with van der Waals surface area (Å²) >= 11 is 4.87. The number of carbonyl (C=O) groups excluding carboxylic acids is 1. The second-order valence-electron chi connectivity index (χ2n) is 8.58. The van der Waals surface area contributed by atoms with Gasteiger partial charge in [-0.1, -0.05) is 57.2 Å². The molecule has 0 saturated heterocycles. The molecule has 4 nitrogen and oxygen atoms in total. The summed E-state index contributed by atoms with van der Waals surface area (Å²) in [6, 6.07) is 14.1. The molecule has 0 aromatic heterocycles. The SMILES string of the molecule is CC(C)(C)c1ccc(S[S-])cc1.C[N+](C)(C)C(=O)Oc1cccc2c1OCC2. The van der Waals surface area contributed by atoms with E-state index in [1.807, 2.05) is 12.1 Å². The Morgan fingerprint density at radius 2 is 1.75 bits per heavy atom. The maximum absolute atomic E-state index is 11.7. The molecule has 6 heteroatoms. The molecule has 0 aliphatic carbocycles. The van der Waals surface area contributed by atoms with Crippen LogP contribution in [0.4, 0.5) is 4.79 Å². The zero-order valence-corrected chi connectivity index (χ0v) is 19.1. The van der Waals surface area contributed by atoms with E-state index in [0.717, 1.165) is 16.9 Å². The summed E-state index contributed by atoms with van der Waals surface area (Å²) in [6.07, 6.45) is 0.578. The smallest absolute Gasteiger partial charge is 0.520 e. The highest BCUT2D eigenvalue weighted by Crippen LogP contribution is 2.35. The average Bonchev–Trinajstić information content (AvgIpc) is 3.10. The summed E-state index contributed by atoms with van der Waals surface area (Å²) in [5, 5.41) is 0. The van der Waals surface area contributed by atoms with E-state index in [1.165, 1.54) is 16.4 Å². The molecule has 2 aromatic carbocycles. The van der Waals surface area contributed by atoms with Crippen LogP contribution in [0.1, 0.15) is 31.9 Å². The van der Waals surface area contributed by atoms with Crippen LogP contribution in [0.2, 0.25) is 0 Å². The minimum Gasteiger partial charge on any atom is -0.714 e. The summed E-state index contributed by atoms with van der Waals surface area (Å²) < 4.78 is 10.9. The van der Waals surface area contributed by atoms with E-state index in [2.05, 4.69) is 45.0 Å². The van der Waals surface area contributed by atoms with Crippen molar-refractivity contribution in [1.29, 1.82) is 0 Å². The lowest BCUT2D eigenvalue weighted by atomic mass is 9.87. The van der Waals surface area contributed by atoms with Crippen LogP contribution in [0.15, 0.2) is 47.4 Å². The predicted molar refractivity (Wildman–Crippen MR) is 118 cm³/mol. The van der Waals surface area contributed by atoms with Crippen molar-refractivity contribution in [3.63, 3.8) is 0 Å². The van der Waals surface area contributed by atoms with Crippen molar-refractivity contribution in [1.82, 2.24) is 0 Å². The maximum atomic E-state index is 11.7. The van der Waals surface area contributed by atoms with Gasteiger partial charge < -0.3 is 21.1 Å². The Kier molecular flexibility index (Phi) is 7.48. The lowest BCUT2D eigenvalue weighted by Crippen LogP contribution is -2.43. The number of fused-ring (bicyclic) bond motifs is 1. The molecule has 0 atom stereocenters. The standard InChI is InChI=1S/C12H16NO3.C10H14S2/c1-13(2,3)12(14)16-10-6-4-5-9-7-8-15-11(9)10;1-10(2,3)8-4-6-9(12-11)7-5-8/h4-6H,7-8H2,1-3H3;4-7,11H,1-3H3/q+1;/p-1. The summed E-state index contributed by atoms with van der Waals surface area (Å²) in [5.41, 5.74) is 2.70. The number of benzene rings is 2. The number of ether oxygens (including phenoxy) is 2. The number of quaternary nitrogens is 1. The van der Waals surface area contributed by atoms with Crippen LogP contribution in [0.3, 0.4) is 0 Å². The number of para-hydroxylation sites is 1. The summed E-state index contributed by atoms with van der Waals surface area (Å²) in [5.74, 6) is 1.23. The summed E-state index contributed by atoms with van der Waals surface area (Å²) in [7, 11) is 6.68. The Bertz CT molecular complexity index is 806. The van der Waals surface area contributed by atoms with Crippen molar-refractivity contribution in [2.24, 2.45) is 0 Å². The maximum Gasteiger partial charge on any atom is 0.520 e. The van der Waals surface area contributed by atoms with Gasteiger partial charge in [0, 0.05) is 12.0 Å². The Morgan fingerprint density at radius 3 is 2.29 bits per heavy atom. The third kappa shape index (κ3) is 6.19. The third-order valence-corrected chi connectivity index (χ3v) is 5.28. The van der Waals surface area contributed by atoms with Gasteiger partial charge >= 0.3 is 6.09 Å². The van der Waals surface area contributed by atoms with Gasteiger partial charge in [-0.05, 0) is 21.9 Å². The third-order valence-electron chi connectivity index (χ3n) is 4.24. The van der Waals surface area contributed by atoms with Gasteiger partial charge in [-0.3, -0.25) is 10.8 Å². The number of rotatable bonds is 2. The van der Waals surface area contributed by atoms with Crippen molar-refractivity contribution >= 4 is 28.5 Å². The average molecular weight is 420 g/mol. The number of hydrogen-bond donors (Lipinski definition) is 0. The second kappa shape index (κ2) is 9.25. The minimum atomic E-state index is -0.302. The molecule has 1 aliphatic rings. The van der Waals surface area contributed by atoms with Gasteiger partial charge in [-0.2, -0.15) is 4.79 Å². The lowest BCUT2D eigenvalue weighted by Gasteiger charge is -2.19. The van der Waals surface area contributed by atoms with Gasteiger partial charge in [0.25, 0.3) is 0 Å². The second-order valence-corrected chi connectivity index (χ2v) is 9.72. The number of carbonyl (C=O) groups is 1. The molecule has 1 amide bonds. The Hall–Kier alpha value is -1.63. The number of nitrogens with zero attached hydrogens (tertiary/aromatic N) is 1. The lowest BCUT2D eigenvalue weighted by molar-refractivity contribution is -0.793. The van der Waals surface area contributed by atoms with E-state index in [9.17, 15) is 4.79 Å². The van der Waals surface area contributed by atoms with Crippen molar-refractivity contribution in [2.45, 2.75) is 37.5 Å². The molecular formula is C22H29NO3S2. The van der Waals surface area contributed by atoms with E-state index in [0.29, 0.717) is 18.1 Å². The predicted octanol–water partition coefficient (Wildman–Crippen LogP) is 5.36. The summed E-state index contributed by atoms with van der Waals surface area (Å²) in [6.45, 7) is 7.29. The Morgan fingerprint density at radius 1 is 1.11 bits per heavy atom. The Labute approximate surface area is 177 Å². The van der Waals surface area contributed by atoms with Gasteiger partial charge in [0.1, 0.15) is 0 Å². The molecule has 0 N–H and O–H groups in total. The monoisotopic (exact) mass is 419 g/mol. The van der Waals surface area contributed by atoms with Gasteiger partial charge in [0.05, 0.1) is 27.7 Å². The first kappa shape index (κ1) is 22.7. The highest BCUT2D eigenvalue weighted by atomic mass is 33.1. The van der Waals surface area contributed by atoms with E-state index in [-0.39, 0.29) is 16.0 Å². The van der Waals surface area contributed by atoms with Crippen LogP contribution in [0.25, 0.3) is 0 Å². The molecule has 28 heavy (non-hydrogen) atoms. The first-order chi connectivity index (χ1) is 13.0. The van der Waals surface area contributed by atoms with Gasteiger partial charge in [-0.15, -0.1) is 0 Å². The number of hydrogen-bond acceptors (Lipinski definition) is 5. The molecule has 0 unspecified atom stereocenters. The molecule has 1 heterocycles. The zero-order valence-electron chi connectivity index (χ0n) is 17.4. The van der Waals surface area contributed by atoms with Crippen LogP contribution in [-0.2, 0) is 23.5 Å². The highest BCUT2D eigenvalue weighted by Gasteiger charge is 2.26. The zero-order chi connectivity index (χ0) is 20.9. The fourth-order valence-electron chi connectivity index (χ4n) is 2.51. The van der Waals surface area contributed by atoms with E-state index in [4.69, 9.17) is 21.1 Å². The normalized spacial score (nSPS) is 13.1. The van der Waals surface area contributed by atoms with E-state index in [1.54, 1.807) is 27.2 Å². The van der Waals surface area contributed by atoms with Gasteiger partial charge in [0.2, 0.25) is 0 Å². The molecule has 0 bridgehead atoms. The van der Waals surface area contributed by atoms with Crippen LogP contribution in [0.5, 0.6) is 11.5 Å². The number of amides is 1. The van der Waals surface area contributed by atoms with Crippen LogP contribution >= 0.6 is 10.8 Å². The molecule has 0 fully saturated rings. The molecule has 0 saturated carbocycles. The van der Waals surface area contributed by atoms with Crippen LogP contribution < -0.4 is 9.47 Å². The first-order valence-electron chi connectivity index (χ1n) is 9.21. The summed E-state index contributed by atoms with van der Waals surface area (Å²) in [4.78, 5) is 12.9. The molecule has 2 aromatic rings. The molecule has 0 spiro atoms. The molecule has 3 rings (SSSR count). The van der Waals surface area contributed by atoms with Crippen molar-refractivity contribution in [3.8, 4) is 11.5 Å². The molecule has 152 valence electrons. The fraction of sp³-hybridized carbons (Fsp3) is 0.409. The van der Waals surface area contributed by atoms with Crippen molar-refractivity contribution in [3.05, 3.63) is 53.6 Å². The van der Waals surface area contributed by atoms with Gasteiger partial charge in [-0.25, -0.2) is 4.48 Å². The van der Waals surface area contributed by atoms with Crippen molar-refractivity contribution in [2.75, 3.05) is 27.7 Å². The molecule has 1 aliphatic heterocycles. The molecular weight excluding hydrogens is 390 g/mol. The quantitative estimate of drug-likeness (QED) is 0.372. The Balaban J connectivity index is 0.000000209. The minimum absolute atomic E-state index is 0.129. The van der Waals surface area contributed by atoms with Crippen LogP contribution in [0, 0.1) is 0 Å². The van der Waals surface area contributed by atoms with E-state index >= 15 is 0 Å². The van der Waals surface area contributed by atoms with Crippen molar-refractivity contribution < 1.29 is 18.8 Å². The fourth-order valence-corrected chi connectivity index (χ4v) is 3.09. The topological polar surface area (TPSA) is 35.5 Å². The largest absolute Gasteiger partial charge is 0.714 e. The van der Waals surface area contributed by atoms with Gasteiger partial charge in [0.15, 0.2) is 11.5 Å².